The van der Waals surface area contributed by atoms with E-state index in [1.54, 1.807) is 41.8 Å². The average Bonchev–Trinajstić information content (AvgIpc) is 3.20. The number of carbonyl (C=O) groups is 1. The molecule has 4 nitrogen and oxygen atoms in total. The highest BCUT2D eigenvalue weighted by molar-refractivity contribution is 7.13. The first-order chi connectivity index (χ1) is 13.2. The number of thiazole rings is 1. The molecular weight excluding hydrogens is 378 g/mol. The van der Waals surface area contributed by atoms with E-state index in [4.69, 9.17) is 11.6 Å². The monoisotopic (exact) mass is 391 g/mol. The fourth-order valence-corrected chi connectivity index (χ4v) is 3.50. The highest BCUT2D eigenvalue weighted by Crippen LogP contribution is 2.29. The molecule has 1 N–H and O–H groups in total. The number of nitrogens with zero attached hydrogens (tertiary/aromatic N) is 2. The fourth-order valence-electron chi connectivity index (χ4n) is 2.57. The molecule has 0 aliphatic rings. The van der Waals surface area contributed by atoms with Gasteiger partial charge in [-0.15, -0.1) is 11.3 Å². The summed E-state index contributed by atoms with van der Waals surface area (Å²) >= 11 is 7.41. The molecule has 0 spiro atoms. The molecule has 0 radical (unpaired) electrons. The Kier molecular flexibility index (Phi) is 4.96. The number of hydrogen-bond acceptors (Lipinski definition) is 4. The summed E-state index contributed by atoms with van der Waals surface area (Å²) in [6.07, 6.45) is 1.75. The SMILES string of the molecule is O=C(Nc1cccc(-c2csc(-c3ccccn3)n2)c1)c1ccc(Cl)cc1. The minimum atomic E-state index is -0.184. The number of amides is 1. The summed E-state index contributed by atoms with van der Waals surface area (Å²) in [6.45, 7) is 0. The third-order valence-corrected chi connectivity index (χ3v) is 5.03. The van der Waals surface area contributed by atoms with Crippen LogP contribution in [0.25, 0.3) is 22.0 Å². The standard InChI is InChI=1S/C21H14ClN3OS/c22-16-9-7-14(8-10-16)20(26)24-17-5-3-4-15(12-17)19-13-27-21(25-19)18-6-1-2-11-23-18/h1-13H,(H,24,26). The molecule has 0 bridgehead atoms. The summed E-state index contributed by atoms with van der Waals surface area (Å²) in [5.74, 6) is -0.184. The van der Waals surface area contributed by atoms with Crippen molar-refractivity contribution in [3.05, 3.63) is 88.9 Å². The van der Waals surface area contributed by atoms with Crippen molar-refractivity contribution in [2.45, 2.75) is 0 Å². The lowest BCUT2D eigenvalue weighted by molar-refractivity contribution is 0.102. The molecule has 0 aliphatic carbocycles. The summed E-state index contributed by atoms with van der Waals surface area (Å²) in [6, 6.07) is 20.2. The molecule has 1 amide bonds. The van der Waals surface area contributed by atoms with Crippen molar-refractivity contribution < 1.29 is 4.79 Å². The number of aromatic nitrogens is 2. The lowest BCUT2D eigenvalue weighted by atomic mass is 10.1. The van der Waals surface area contributed by atoms with Gasteiger partial charge in [0.2, 0.25) is 0 Å². The molecule has 0 fully saturated rings. The van der Waals surface area contributed by atoms with Crippen LogP contribution in [0.2, 0.25) is 5.02 Å². The largest absolute Gasteiger partial charge is 0.322 e. The van der Waals surface area contributed by atoms with Crippen molar-refractivity contribution in [3.8, 4) is 22.0 Å². The minimum Gasteiger partial charge on any atom is -0.322 e. The van der Waals surface area contributed by atoms with Crippen LogP contribution < -0.4 is 5.32 Å². The van der Waals surface area contributed by atoms with Crippen molar-refractivity contribution in [1.82, 2.24) is 9.97 Å². The molecule has 0 unspecified atom stereocenters. The van der Waals surface area contributed by atoms with Crippen LogP contribution in [0.5, 0.6) is 0 Å². The summed E-state index contributed by atoms with van der Waals surface area (Å²) in [4.78, 5) is 21.4. The van der Waals surface area contributed by atoms with E-state index in [2.05, 4.69) is 15.3 Å². The number of rotatable bonds is 4. The lowest BCUT2D eigenvalue weighted by Gasteiger charge is -2.07. The molecular formula is C21H14ClN3OS. The van der Waals surface area contributed by atoms with Crippen molar-refractivity contribution >= 4 is 34.5 Å². The molecule has 0 aliphatic heterocycles. The lowest BCUT2D eigenvalue weighted by Crippen LogP contribution is -2.11. The topological polar surface area (TPSA) is 54.9 Å². The second kappa shape index (κ2) is 7.70. The number of pyridine rings is 1. The van der Waals surface area contributed by atoms with Gasteiger partial charge in [0.05, 0.1) is 11.4 Å². The molecule has 0 saturated heterocycles. The maximum Gasteiger partial charge on any atom is 0.255 e. The van der Waals surface area contributed by atoms with Crippen LogP contribution in [-0.4, -0.2) is 15.9 Å². The average molecular weight is 392 g/mol. The molecule has 2 aromatic heterocycles. The molecule has 6 heteroatoms. The molecule has 4 aromatic rings. The zero-order valence-electron chi connectivity index (χ0n) is 14.1. The molecule has 4 rings (SSSR count). The Morgan fingerprint density at radius 1 is 0.963 bits per heavy atom. The van der Waals surface area contributed by atoms with Gasteiger partial charge in [-0.1, -0.05) is 29.8 Å². The van der Waals surface area contributed by atoms with Gasteiger partial charge >= 0.3 is 0 Å². The van der Waals surface area contributed by atoms with Crippen LogP contribution in [-0.2, 0) is 0 Å². The van der Waals surface area contributed by atoms with Crippen molar-refractivity contribution in [2.75, 3.05) is 5.32 Å². The molecule has 0 atom stereocenters. The predicted octanol–water partition coefficient (Wildman–Crippen LogP) is 5.78. The molecule has 0 saturated carbocycles. The second-order valence-electron chi connectivity index (χ2n) is 5.79. The van der Waals surface area contributed by atoms with Crippen LogP contribution >= 0.6 is 22.9 Å². The Balaban J connectivity index is 1.55. The van der Waals surface area contributed by atoms with Gasteiger partial charge in [-0.25, -0.2) is 4.98 Å². The number of nitrogens with one attached hydrogen (secondary N) is 1. The summed E-state index contributed by atoms with van der Waals surface area (Å²) in [5, 5.41) is 6.36. The second-order valence-corrected chi connectivity index (χ2v) is 7.09. The Morgan fingerprint density at radius 2 is 1.81 bits per heavy atom. The first-order valence-corrected chi connectivity index (χ1v) is 9.49. The van der Waals surface area contributed by atoms with Gasteiger partial charge in [-0.3, -0.25) is 9.78 Å². The normalized spacial score (nSPS) is 10.6. The number of anilines is 1. The van der Waals surface area contributed by atoms with Gasteiger partial charge in [0, 0.05) is 33.4 Å². The van der Waals surface area contributed by atoms with Gasteiger partial charge in [-0.05, 0) is 48.5 Å². The maximum absolute atomic E-state index is 12.4. The van der Waals surface area contributed by atoms with Crippen molar-refractivity contribution in [2.24, 2.45) is 0 Å². The van der Waals surface area contributed by atoms with Gasteiger partial charge in [0.15, 0.2) is 0 Å². The predicted molar refractivity (Wildman–Crippen MR) is 110 cm³/mol. The van der Waals surface area contributed by atoms with Crippen LogP contribution in [0.4, 0.5) is 5.69 Å². The van der Waals surface area contributed by atoms with Gasteiger partial charge in [-0.2, -0.15) is 0 Å². The number of benzene rings is 2. The van der Waals surface area contributed by atoms with Crippen molar-refractivity contribution in [3.63, 3.8) is 0 Å². The third kappa shape index (κ3) is 4.05. The van der Waals surface area contributed by atoms with Crippen LogP contribution in [0, 0.1) is 0 Å². The number of carbonyl (C=O) groups excluding carboxylic acids is 1. The van der Waals surface area contributed by atoms with Crippen LogP contribution in [0.15, 0.2) is 78.3 Å². The first-order valence-electron chi connectivity index (χ1n) is 8.23. The van der Waals surface area contributed by atoms with E-state index in [9.17, 15) is 4.79 Å². The van der Waals surface area contributed by atoms with Gasteiger partial charge in [0.1, 0.15) is 5.01 Å². The molecule has 2 heterocycles. The number of halogens is 1. The van der Waals surface area contributed by atoms with Gasteiger partial charge < -0.3 is 5.32 Å². The fraction of sp³-hybridized carbons (Fsp3) is 0. The molecule has 2 aromatic carbocycles. The molecule has 27 heavy (non-hydrogen) atoms. The van der Waals surface area contributed by atoms with E-state index >= 15 is 0 Å². The Bertz CT molecular complexity index is 1080. The summed E-state index contributed by atoms with van der Waals surface area (Å²) in [5.41, 5.74) is 3.89. The van der Waals surface area contributed by atoms with Crippen molar-refractivity contribution in [1.29, 1.82) is 0 Å². The Hall–Kier alpha value is -3.02. The Labute approximate surface area is 165 Å². The zero-order chi connectivity index (χ0) is 18.6. The molecule has 132 valence electrons. The minimum absolute atomic E-state index is 0.184. The quantitative estimate of drug-likeness (QED) is 0.480. The van der Waals surface area contributed by atoms with E-state index < -0.39 is 0 Å². The van der Waals surface area contributed by atoms with Crippen LogP contribution in [0.1, 0.15) is 10.4 Å². The smallest absolute Gasteiger partial charge is 0.255 e. The van der Waals surface area contributed by atoms with E-state index in [1.807, 2.05) is 47.8 Å². The summed E-state index contributed by atoms with van der Waals surface area (Å²) in [7, 11) is 0. The summed E-state index contributed by atoms with van der Waals surface area (Å²) < 4.78 is 0. The van der Waals surface area contributed by atoms with E-state index in [0.717, 1.165) is 22.0 Å². The van der Waals surface area contributed by atoms with E-state index in [-0.39, 0.29) is 5.91 Å². The zero-order valence-corrected chi connectivity index (χ0v) is 15.7. The third-order valence-electron chi connectivity index (χ3n) is 3.91. The highest BCUT2D eigenvalue weighted by Gasteiger charge is 2.10. The van der Waals surface area contributed by atoms with E-state index in [1.165, 1.54) is 0 Å². The maximum atomic E-state index is 12.4. The highest BCUT2D eigenvalue weighted by atomic mass is 35.5. The number of hydrogen-bond donors (Lipinski definition) is 1. The van der Waals surface area contributed by atoms with Crippen LogP contribution in [0.3, 0.4) is 0 Å². The van der Waals surface area contributed by atoms with E-state index in [0.29, 0.717) is 16.3 Å². The Morgan fingerprint density at radius 3 is 2.59 bits per heavy atom. The van der Waals surface area contributed by atoms with Gasteiger partial charge in [0.25, 0.3) is 5.91 Å². The first kappa shape index (κ1) is 17.4.